The van der Waals surface area contributed by atoms with Gasteiger partial charge in [0.2, 0.25) is 0 Å². The van der Waals surface area contributed by atoms with E-state index in [1.54, 1.807) is 38.1 Å². The smallest absolute Gasteiger partial charge is 0.306 e. The van der Waals surface area contributed by atoms with Crippen LogP contribution in [0.4, 0.5) is 0 Å². The molecule has 0 bridgehead atoms. The number of benzene rings is 1. The highest BCUT2D eigenvalue weighted by Gasteiger charge is 2.19. The standard InChI is InChI=1S/C13H17O4P/c1-3-16-18(15,17-4-2)11-10-13(14)12-8-6-5-7-9-12/h5-11H,3-4H2,1-2H3/b11-10+. The van der Waals surface area contributed by atoms with Gasteiger partial charge in [-0.05, 0) is 19.9 Å². The summed E-state index contributed by atoms with van der Waals surface area (Å²) in [5, 5.41) is 0. The van der Waals surface area contributed by atoms with Crippen molar-refractivity contribution in [1.82, 2.24) is 0 Å². The van der Waals surface area contributed by atoms with Gasteiger partial charge in [-0.1, -0.05) is 30.3 Å². The molecule has 0 spiro atoms. The normalized spacial score (nSPS) is 11.9. The molecule has 0 aliphatic carbocycles. The van der Waals surface area contributed by atoms with E-state index in [1.807, 2.05) is 6.07 Å². The van der Waals surface area contributed by atoms with Crippen molar-refractivity contribution in [3.8, 4) is 0 Å². The quantitative estimate of drug-likeness (QED) is 0.430. The molecular formula is C13H17O4P. The fourth-order valence-electron chi connectivity index (χ4n) is 1.34. The van der Waals surface area contributed by atoms with Crippen LogP contribution in [0.2, 0.25) is 0 Å². The Morgan fingerprint density at radius 1 is 1.17 bits per heavy atom. The molecule has 0 saturated carbocycles. The number of allylic oxidation sites excluding steroid dienone is 1. The van der Waals surface area contributed by atoms with Crippen LogP contribution in [-0.2, 0) is 13.6 Å². The average Bonchev–Trinajstić information content (AvgIpc) is 2.38. The minimum Gasteiger partial charge on any atom is -0.306 e. The minimum absolute atomic E-state index is 0.227. The highest BCUT2D eigenvalue weighted by atomic mass is 31.2. The fraction of sp³-hybridized carbons (Fsp3) is 0.308. The van der Waals surface area contributed by atoms with Crippen LogP contribution in [-0.4, -0.2) is 19.0 Å². The predicted octanol–water partition coefficient (Wildman–Crippen LogP) is 3.65. The number of hydrogen-bond acceptors (Lipinski definition) is 4. The van der Waals surface area contributed by atoms with E-state index in [0.29, 0.717) is 5.56 Å². The minimum atomic E-state index is -3.30. The van der Waals surface area contributed by atoms with E-state index in [1.165, 1.54) is 11.9 Å². The zero-order valence-corrected chi connectivity index (χ0v) is 11.4. The van der Waals surface area contributed by atoms with Crippen LogP contribution in [0, 0.1) is 0 Å². The number of ketones is 1. The highest BCUT2D eigenvalue weighted by molar-refractivity contribution is 7.57. The lowest BCUT2D eigenvalue weighted by Crippen LogP contribution is -1.96. The Labute approximate surface area is 107 Å². The first-order valence-corrected chi connectivity index (χ1v) is 7.40. The summed E-state index contributed by atoms with van der Waals surface area (Å²) in [6, 6.07) is 8.75. The Kier molecular flexibility index (Phi) is 5.99. The third-order valence-electron chi connectivity index (χ3n) is 2.08. The molecule has 98 valence electrons. The monoisotopic (exact) mass is 268 g/mol. The third kappa shape index (κ3) is 4.57. The molecule has 4 nitrogen and oxygen atoms in total. The molecular weight excluding hydrogens is 251 g/mol. The van der Waals surface area contributed by atoms with Crippen molar-refractivity contribution < 1.29 is 18.4 Å². The summed E-state index contributed by atoms with van der Waals surface area (Å²) in [5.74, 6) is 0.991. The molecule has 18 heavy (non-hydrogen) atoms. The molecule has 0 saturated heterocycles. The van der Waals surface area contributed by atoms with E-state index >= 15 is 0 Å². The molecule has 0 heterocycles. The van der Waals surface area contributed by atoms with Crippen LogP contribution >= 0.6 is 7.60 Å². The summed E-state index contributed by atoms with van der Waals surface area (Å²) < 4.78 is 22.2. The van der Waals surface area contributed by atoms with Crippen LogP contribution in [0.5, 0.6) is 0 Å². The Morgan fingerprint density at radius 3 is 2.22 bits per heavy atom. The van der Waals surface area contributed by atoms with Crippen molar-refractivity contribution in [2.24, 2.45) is 0 Å². The van der Waals surface area contributed by atoms with Gasteiger partial charge in [0.05, 0.1) is 13.2 Å². The molecule has 1 rings (SSSR count). The molecule has 0 amide bonds. The summed E-state index contributed by atoms with van der Waals surface area (Å²) in [4.78, 5) is 11.8. The maximum Gasteiger partial charge on any atom is 0.354 e. The third-order valence-corrected chi connectivity index (χ3v) is 3.84. The fourth-order valence-corrected chi connectivity index (χ4v) is 2.63. The Hall–Kier alpha value is -1.22. The second-order valence-electron chi connectivity index (χ2n) is 3.42. The number of hydrogen-bond donors (Lipinski definition) is 0. The van der Waals surface area contributed by atoms with Gasteiger partial charge in [0.25, 0.3) is 0 Å². The zero-order valence-electron chi connectivity index (χ0n) is 10.5. The molecule has 0 radical (unpaired) electrons. The van der Waals surface area contributed by atoms with Crippen molar-refractivity contribution >= 4 is 13.4 Å². The van der Waals surface area contributed by atoms with E-state index in [-0.39, 0.29) is 19.0 Å². The zero-order chi connectivity index (χ0) is 13.4. The lowest BCUT2D eigenvalue weighted by Gasteiger charge is -2.12. The van der Waals surface area contributed by atoms with Gasteiger partial charge in [0.15, 0.2) is 5.78 Å². The maximum absolute atomic E-state index is 12.1. The number of carbonyl (C=O) groups excluding carboxylic acids is 1. The van der Waals surface area contributed by atoms with Crippen molar-refractivity contribution in [1.29, 1.82) is 0 Å². The second-order valence-corrected chi connectivity index (χ2v) is 5.32. The van der Waals surface area contributed by atoms with Gasteiger partial charge in [-0.3, -0.25) is 9.36 Å². The van der Waals surface area contributed by atoms with Crippen molar-refractivity contribution in [2.75, 3.05) is 13.2 Å². The first kappa shape index (κ1) is 14.8. The molecule has 0 N–H and O–H groups in total. The Bertz CT molecular complexity index is 443. The Balaban J connectivity index is 2.78. The molecule has 5 heteroatoms. The summed E-state index contributed by atoms with van der Waals surface area (Å²) in [7, 11) is -3.30. The topological polar surface area (TPSA) is 52.6 Å². The van der Waals surface area contributed by atoms with Crippen LogP contribution in [0.15, 0.2) is 42.2 Å². The summed E-state index contributed by atoms with van der Waals surface area (Å²) >= 11 is 0. The van der Waals surface area contributed by atoms with Crippen LogP contribution in [0.25, 0.3) is 0 Å². The SMILES string of the molecule is CCOP(=O)(/C=C/C(=O)c1ccccc1)OCC. The van der Waals surface area contributed by atoms with Gasteiger partial charge < -0.3 is 9.05 Å². The molecule has 0 unspecified atom stereocenters. The molecule has 0 aliphatic heterocycles. The van der Waals surface area contributed by atoms with Crippen LogP contribution in [0.1, 0.15) is 24.2 Å². The molecule has 0 aromatic heterocycles. The van der Waals surface area contributed by atoms with Gasteiger partial charge in [-0.15, -0.1) is 0 Å². The van der Waals surface area contributed by atoms with Crippen LogP contribution < -0.4 is 0 Å². The summed E-state index contributed by atoms with van der Waals surface area (Å²) in [6.07, 6.45) is 1.24. The lowest BCUT2D eigenvalue weighted by molar-refractivity contribution is 0.104. The van der Waals surface area contributed by atoms with Crippen molar-refractivity contribution in [2.45, 2.75) is 13.8 Å². The van der Waals surface area contributed by atoms with E-state index < -0.39 is 7.60 Å². The summed E-state index contributed by atoms with van der Waals surface area (Å²) in [6.45, 7) is 3.97. The van der Waals surface area contributed by atoms with E-state index in [2.05, 4.69) is 0 Å². The summed E-state index contributed by atoms with van der Waals surface area (Å²) in [5.41, 5.74) is 0.535. The molecule has 0 atom stereocenters. The van der Waals surface area contributed by atoms with E-state index in [9.17, 15) is 9.36 Å². The molecule has 0 aliphatic rings. The molecule has 1 aromatic carbocycles. The van der Waals surface area contributed by atoms with Gasteiger partial charge in [0.1, 0.15) is 0 Å². The second kappa shape index (κ2) is 7.27. The van der Waals surface area contributed by atoms with Crippen LogP contribution in [0.3, 0.4) is 0 Å². The molecule has 1 aromatic rings. The number of rotatable bonds is 7. The molecule has 0 fully saturated rings. The van der Waals surface area contributed by atoms with Gasteiger partial charge in [-0.25, -0.2) is 0 Å². The first-order chi connectivity index (χ1) is 8.61. The Morgan fingerprint density at radius 2 is 1.72 bits per heavy atom. The van der Waals surface area contributed by atoms with E-state index in [0.717, 1.165) is 0 Å². The van der Waals surface area contributed by atoms with Gasteiger partial charge >= 0.3 is 7.60 Å². The average molecular weight is 268 g/mol. The van der Waals surface area contributed by atoms with Gasteiger partial charge in [0, 0.05) is 11.4 Å². The predicted molar refractivity (Wildman–Crippen MR) is 70.8 cm³/mol. The largest absolute Gasteiger partial charge is 0.354 e. The lowest BCUT2D eigenvalue weighted by atomic mass is 10.1. The number of carbonyl (C=O) groups is 1. The highest BCUT2D eigenvalue weighted by Crippen LogP contribution is 2.49. The maximum atomic E-state index is 12.1. The van der Waals surface area contributed by atoms with Crippen molar-refractivity contribution in [3.63, 3.8) is 0 Å². The first-order valence-electron chi connectivity index (χ1n) is 5.78. The van der Waals surface area contributed by atoms with Gasteiger partial charge in [-0.2, -0.15) is 0 Å². The van der Waals surface area contributed by atoms with E-state index in [4.69, 9.17) is 9.05 Å². The van der Waals surface area contributed by atoms with Crippen molar-refractivity contribution in [3.05, 3.63) is 47.8 Å².